The van der Waals surface area contributed by atoms with Gasteiger partial charge in [0.05, 0.1) is 5.75 Å². The second-order valence-electron chi connectivity index (χ2n) is 3.64. The van der Waals surface area contributed by atoms with Gasteiger partial charge >= 0.3 is 0 Å². The van der Waals surface area contributed by atoms with Gasteiger partial charge in [-0.3, -0.25) is 0 Å². The van der Waals surface area contributed by atoms with Crippen molar-refractivity contribution in [3.05, 3.63) is 35.0 Å². The quantitative estimate of drug-likeness (QED) is 0.788. The second kappa shape index (κ2) is 6.00. The highest BCUT2D eigenvalue weighted by molar-refractivity contribution is 7.88. The summed E-state index contributed by atoms with van der Waals surface area (Å²) in [5, 5.41) is 10.4. The van der Waals surface area contributed by atoms with Crippen LogP contribution in [0.1, 0.15) is 19.4 Å². The molecule has 0 radical (unpaired) electrons. The molecular weight excluding hydrogens is 240 g/mol. The highest BCUT2D eigenvalue weighted by Crippen LogP contribution is 2.14. The summed E-state index contributed by atoms with van der Waals surface area (Å²) in [7, 11) is -3.26. The van der Waals surface area contributed by atoms with E-state index in [9.17, 15) is 13.6 Å². The predicted molar refractivity (Wildman–Crippen MR) is 69.0 cm³/mol. The van der Waals surface area contributed by atoms with Gasteiger partial charge in [0, 0.05) is 18.8 Å². The molecule has 0 unspecified atom stereocenters. The van der Waals surface area contributed by atoms with E-state index in [1.165, 1.54) is 4.31 Å². The lowest BCUT2D eigenvalue weighted by Crippen LogP contribution is -2.31. The Bertz CT molecular complexity index is 438. The van der Waals surface area contributed by atoms with Gasteiger partial charge in [-0.15, -0.1) is 0 Å². The minimum absolute atomic E-state index is 0.0339. The number of rotatable bonds is 6. The predicted octanol–water partition coefficient (Wildman–Crippen LogP) is 1.77. The Morgan fingerprint density at radius 1 is 1.18 bits per heavy atom. The minimum atomic E-state index is -3.26. The normalized spacial score (nSPS) is 11.8. The zero-order chi connectivity index (χ0) is 12.9. The number of benzene rings is 1. The molecule has 5 nitrogen and oxygen atoms in total. The first-order valence-electron chi connectivity index (χ1n) is 5.48. The van der Waals surface area contributed by atoms with Crippen molar-refractivity contribution in [2.45, 2.75) is 19.6 Å². The van der Waals surface area contributed by atoms with Gasteiger partial charge in [-0.2, -0.15) is 0 Å². The molecule has 6 heteroatoms. The second-order valence-corrected chi connectivity index (χ2v) is 5.61. The minimum Gasteiger partial charge on any atom is -0.761 e. The third-order valence-corrected chi connectivity index (χ3v) is 4.52. The Hall–Kier alpha value is -1.11. The van der Waals surface area contributed by atoms with Crippen LogP contribution >= 0.6 is 0 Å². The van der Waals surface area contributed by atoms with Crippen molar-refractivity contribution < 1.29 is 8.42 Å². The molecule has 0 amide bonds. The van der Waals surface area contributed by atoms with Crippen LogP contribution in [-0.2, 0) is 15.8 Å². The van der Waals surface area contributed by atoms with E-state index in [2.05, 4.69) is 0 Å². The van der Waals surface area contributed by atoms with Crippen molar-refractivity contribution in [1.29, 1.82) is 0 Å². The Balaban J connectivity index is 2.82. The lowest BCUT2D eigenvalue weighted by molar-refractivity contribution is 0.444. The standard InChI is InChI=1S/C11H17N2O3S/c1-3-13(4-2)17(15,16)9-10-5-7-11(12-14)8-6-10/h5-8,12H,3-4,9H2,1-2H3/q-1. The SMILES string of the molecule is CCN(CC)S(=O)(=O)Cc1ccc(N[O-])cc1. The van der Waals surface area contributed by atoms with Gasteiger partial charge in [0.25, 0.3) is 0 Å². The highest BCUT2D eigenvalue weighted by Gasteiger charge is 2.18. The molecule has 96 valence electrons. The highest BCUT2D eigenvalue weighted by atomic mass is 32.2. The van der Waals surface area contributed by atoms with Crippen LogP contribution in [0.4, 0.5) is 5.69 Å². The fourth-order valence-electron chi connectivity index (χ4n) is 1.59. The van der Waals surface area contributed by atoms with Crippen LogP contribution in [0.25, 0.3) is 0 Å². The molecule has 0 heterocycles. The van der Waals surface area contributed by atoms with Crippen molar-refractivity contribution in [3.8, 4) is 0 Å². The zero-order valence-electron chi connectivity index (χ0n) is 10.0. The van der Waals surface area contributed by atoms with Crippen LogP contribution in [0.2, 0.25) is 0 Å². The van der Waals surface area contributed by atoms with E-state index in [0.717, 1.165) is 0 Å². The van der Waals surface area contributed by atoms with Crippen LogP contribution in [0, 0.1) is 5.21 Å². The van der Waals surface area contributed by atoms with Gasteiger partial charge in [0.15, 0.2) is 0 Å². The molecule has 0 aromatic heterocycles. The van der Waals surface area contributed by atoms with E-state index in [4.69, 9.17) is 0 Å². The van der Waals surface area contributed by atoms with Gasteiger partial charge in [-0.25, -0.2) is 12.7 Å². The number of sulfonamides is 1. The van der Waals surface area contributed by atoms with Crippen LogP contribution in [0.5, 0.6) is 0 Å². The Morgan fingerprint density at radius 3 is 2.12 bits per heavy atom. The Labute approximate surface area is 102 Å². The average molecular weight is 257 g/mol. The maximum atomic E-state index is 12.0. The molecule has 0 fully saturated rings. The molecule has 0 aliphatic heterocycles. The maximum Gasteiger partial charge on any atom is 0.218 e. The molecule has 0 spiro atoms. The van der Waals surface area contributed by atoms with Gasteiger partial charge in [0.1, 0.15) is 0 Å². The van der Waals surface area contributed by atoms with E-state index >= 15 is 0 Å². The van der Waals surface area contributed by atoms with Crippen LogP contribution in [-0.4, -0.2) is 25.8 Å². The largest absolute Gasteiger partial charge is 0.761 e. The van der Waals surface area contributed by atoms with Gasteiger partial charge in [0.2, 0.25) is 10.0 Å². The van der Waals surface area contributed by atoms with E-state index in [0.29, 0.717) is 24.3 Å². The van der Waals surface area contributed by atoms with Gasteiger partial charge < -0.3 is 10.7 Å². The van der Waals surface area contributed by atoms with Crippen LogP contribution in [0.15, 0.2) is 24.3 Å². The molecule has 0 aliphatic carbocycles. The van der Waals surface area contributed by atoms with Gasteiger partial charge in [-0.05, 0) is 17.7 Å². The molecule has 0 saturated heterocycles. The first kappa shape index (κ1) is 14.0. The zero-order valence-corrected chi connectivity index (χ0v) is 10.8. The summed E-state index contributed by atoms with van der Waals surface area (Å²) in [4.78, 5) is 0. The summed E-state index contributed by atoms with van der Waals surface area (Å²) >= 11 is 0. The Morgan fingerprint density at radius 2 is 1.71 bits per heavy atom. The smallest absolute Gasteiger partial charge is 0.218 e. The first-order chi connectivity index (χ1) is 8.03. The van der Waals surface area contributed by atoms with Crippen LogP contribution in [0.3, 0.4) is 0 Å². The number of hydrogen-bond acceptors (Lipinski definition) is 4. The van der Waals surface area contributed by atoms with Gasteiger partial charge in [-0.1, -0.05) is 26.0 Å². The van der Waals surface area contributed by atoms with E-state index < -0.39 is 10.0 Å². The monoisotopic (exact) mass is 257 g/mol. The molecule has 0 atom stereocenters. The lowest BCUT2D eigenvalue weighted by Gasteiger charge is -2.18. The van der Waals surface area contributed by atoms with Crippen molar-refractivity contribution in [2.75, 3.05) is 18.6 Å². The van der Waals surface area contributed by atoms with E-state index in [-0.39, 0.29) is 5.75 Å². The number of nitrogens with one attached hydrogen (secondary N) is 1. The first-order valence-corrected chi connectivity index (χ1v) is 7.09. The van der Waals surface area contributed by atoms with E-state index in [1.54, 1.807) is 29.7 Å². The summed E-state index contributed by atoms with van der Waals surface area (Å²) in [5.74, 6) is -0.0339. The lowest BCUT2D eigenvalue weighted by atomic mass is 10.2. The molecular formula is C11H17N2O3S-. The van der Waals surface area contributed by atoms with Crippen molar-refractivity contribution in [1.82, 2.24) is 4.31 Å². The molecule has 1 aromatic rings. The molecule has 0 aliphatic rings. The fourth-order valence-corrected chi connectivity index (χ4v) is 3.17. The third kappa shape index (κ3) is 3.69. The number of hydrogen-bond donors (Lipinski definition) is 1. The topological polar surface area (TPSA) is 72.5 Å². The molecule has 17 heavy (non-hydrogen) atoms. The van der Waals surface area contributed by atoms with E-state index in [1.807, 2.05) is 13.8 Å². The van der Waals surface area contributed by atoms with Crippen molar-refractivity contribution in [2.24, 2.45) is 0 Å². The summed E-state index contributed by atoms with van der Waals surface area (Å²) in [6.07, 6.45) is 0. The summed E-state index contributed by atoms with van der Waals surface area (Å²) < 4.78 is 25.4. The van der Waals surface area contributed by atoms with Crippen LogP contribution < -0.4 is 5.48 Å². The fraction of sp³-hybridized carbons (Fsp3) is 0.455. The Kier molecular flexibility index (Phi) is 4.92. The molecule has 1 N–H and O–H groups in total. The number of nitrogens with zero attached hydrogens (tertiary/aromatic N) is 1. The summed E-state index contributed by atoms with van der Waals surface area (Å²) in [6, 6.07) is 6.42. The summed E-state index contributed by atoms with van der Waals surface area (Å²) in [5.41, 5.74) is 2.85. The molecule has 1 rings (SSSR count). The molecule has 1 aromatic carbocycles. The van der Waals surface area contributed by atoms with Crippen molar-refractivity contribution >= 4 is 15.7 Å². The van der Waals surface area contributed by atoms with Crippen molar-refractivity contribution in [3.63, 3.8) is 0 Å². The maximum absolute atomic E-state index is 12.0. The summed E-state index contributed by atoms with van der Waals surface area (Å²) in [6.45, 7) is 4.56. The average Bonchev–Trinajstić information content (AvgIpc) is 2.30. The molecule has 0 saturated carbocycles. The number of anilines is 1. The third-order valence-electron chi connectivity index (χ3n) is 2.52. The molecule has 0 bridgehead atoms.